The first-order valence-electron chi connectivity index (χ1n) is 10.3. The van der Waals surface area contributed by atoms with Crippen LogP contribution in [0.25, 0.3) is 10.9 Å². The molecule has 3 heterocycles. The quantitative estimate of drug-likeness (QED) is 0.664. The maximum absolute atomic E-state index is 14.7. The Hall–Kier alpha value is -3.13. The number of fused-ring (bicyclic) bond motifs is 1. The summed E-state index contributed by atoms with van der Waals surface area (Å²) in [6.07, 6.45) is 3.00. The molecule has 0 radical (unpaired) electrons. The van der Waals surface area contributed by atoms with Crippen LogP contribution in [0.1, 0.15) is 71.4 Å². The zero-order valence-corrected chi connectivity index (χ0v) is 16.8. The molecule has 31 heavy (non-hydrogen) atoms. The Morgan fingerprint density at radius 1 is 1.26 bits per heavy atom. The lowest BCUT2D eigenvalue weighted by molar-refractivity contribution is 0.0485. The SMILES string of the molecule is CC1CC(c2ccc(F)c(F)c2C2CC2)C(c2cc(=O)c3c(C(N)=O)nccc3[nH]2)O1. The monoisotopic (exact) mass is 425 g/mol. The number of rotatable bonds is 4. The van der Waals surface area contributed by atoms with Crippen LogP contribution in [0.3, 0.4) is 0 Å². The van der Waals surface area contributed by atoms with Gasteiger partial charge >= 0.3 is 0 Å². The van der Waals surface area contributed by atoms with Crippen LogP contribution in [-0.4, -0.2) is 22.0 Å². The van der Waals surface area contributed by atoms with E-state index in [0.717, 1.165) is 24.5 Å². The molecule has 1 aliphatic carbocycles. The summed E-state index contributed by atoms with van der Waals surface area (Å²) >= 11 is 0. The highest BCUT2D eigenvalue weighted by Crippen LogP contribution is 2.51. The third-order valence-corrected chi connectivity index (χ3v) is 6.18. The highest BCUT2D eigenvalue weighted by molar-refractivity contribution is 6.03. The van der Waals surface area contributed by atoms with Crippen molar-refractivity contribution >= 4 is 16.8 Å². The lowest BCUT2D eigenvalue weighted by atomic mass is 9.84. The number of carbonyl (C=O) groups is 1. The summed E-state index contributed by atoms with van der Waals surface area (Å²) < 4.78 is 34.8. The van der Waals surface area contributed by atoms with E-state index < -0.39 is 29.1 Å². The molecule has 5 rings (SSSR count). The number of benzene rings is 1. The number of pyridine rings is 2. The largest absolute Gasteiger partial charge is 0.368 e. The van der Waals surface area contributed by atoms with Gasteiger partial charge in [0.1, 0.15) is 11.8 Å². The summed E-state index contributed by atoms with van der Waals surface area (Å²) in [6.45, 7) is 1.91. The third kappa shape index (κ3) is 3.31. The molecular formula is C23H21F2N3O3. The lowest BCUT2D eigenvalue weighted by Gasteiger charge is -2.22. The molecule has 3 atom stereocenters. The molecular weight excluding hydrogens is 404 g/mol. The normalized spacial score (nSPS) is 23.4. The van der Waals surface area contributed by atoms with Gasteiger partial charge in [0.05, 0.1) is 17.0 Å². The number of nitrogens with two attached hydrogens (primary N) is 1. The number of nitrogens with one attached hydrogen (secondary N) is 1. The number of hydrogen-bond donors (Lipinski definition) is 2. The summed E-state index contributed by atoms with van der Waals surface area (Å²) in [5.74, 6) is -2.65. The van der Waals surface area contributed by atoms with Gasteiger partial charge in [-0.3, -0.25) is 14.6 Å². The first kappa shape index (κ1) is 19.8. The number of hydrogen-bond acceptors (Lipinski definition) is 4. The Morgan fingerprint density at radius 2 is 2.03 bits per heavy atom. The summed E-state index contributed by atoms with van der Waals surface area (Å²) in [7, 11) is 0. The number of ether oxygens (including phenoxy) is 1. The molecule has 3 aromatic rings. The van der Waals surface area contributed by atoms with Crippen LogP contribution in [0.15, 0.2) is 35.3 Å². The van der Waals surface area contributed by atoms with Gasteiger partial charge in [-0.2, -0.15) is 0 Å². The summed E-state index contributed by atoms with van der Waals surface area (Å²) in [4.78, 5) is 31.6. The second-order valence-electron chi connectivity index (χ2n) is 8.38. The van der Waals surface area contributed by atoms with Crippen molar-refractivity contribution in [3.8, 4) is 0 Å². The zero-order chi connectivity index (χ0) is 21.9. The van der Waals surface area contributed by atoms with Gasteiger partial charge in [0.15, 0.2) is 17.1 Å². The van der Waals surface area contributed by atoms with Crippen LogP contribution in [0.2, 0.25) is 0 Å². The second kappa shape index (κ2) is 7.23. The van der Waals surface area contributed by atoms with Crippen LogP contribution in [0.4, 0.5) is 8.78 Å². The van der Waals surface area contributed by atoms with E-state index in [1.807, 2.05) is 6.92 Å². The molecule has 3 N–H and O–H groups in total. The van der Waals surface area contributed by atoms with E-state index in [-0.39, 0.29) is 29.0 Å². The number of nitrogens with zero attached hydrogens (tertiary/aromatic N) is 1. The van der Waals surface area contributed by atoms with Gasteiger partial charge in [-0.05, 0) is 55.4 Å². The number of amides is 1. The van der Waals surface area contributed by atoms with Crippen molar-refractivity contribution < 1.29 is 18.3 Å². The average Bonchev–Trinajstić information content (AvgIpc) is 3.50. The number of H-pyrrole nitrogens is 1. The van der Waals surface area contributed by atoms with Crippen molar-refractivity contribution in [1.82, 2.24) is 9.97 Å². The fourth-order valence-corrected chi connectivity index (χ4v) is 4.71. The summed E-state index contributed by atoms with van der Waals surface area (Å²) in [6, 6.07) is 5.76. The third-order valence-electron chi connectivity index (χ3n) is 6.18. The van der Waals surface area contributed by atoms with E-state index in [2.05, 4.69) is 9.97 Å². The van der Waals surface area contributed by atoms with E-state index in [0.29, 0.717) is 23.2 Å². The first-order chi connectivity index (χ1) is 14.8. The molecule has 1 amide bonds. The van der Waals surface area contributed by atoms with Crippen molar-refractivity contribution in [3.05, 3.63) is 74.8 Å². The lowest BCUT2D eigenvalue weighted by Crippen LogP contribution is -2.19. The predicted molar refractivity (Wildman–Crippen MR) is 110 cm³/mol. The van der Waals surface area contributed by atoms with E-state index >= 15 is 0 Å². The number of primary amides is 1. The van der Waals surface area contributed by atoms with Crippen molar-refractivity contribution in [1.29, 1.82) is 0 Å². The molecule has 2 fully saturated rings. The summed E-state index contributed by atoms with van der Waals surface area (Å²) in [5.41, 5.74) is 6.94. The van der Waals surface area contributed by atoms with Gasteiger partial charge in [0, 0.05) is 23.9 Å². The highest BCUT2D eigenvalue weighted by Gasteiger charge is 2.41. The molecule has 8 heteroatoms. The Balaban J connectivity index is 1.64. The fraction of sp³-hybridized carbons (Fsp3) is 0.348. The van der Waals surface area contributed by atoms with E-state index in [4.69, 9.17) is 10.5 Å². The van der Waals surface area contributed by atoms with Gasteiger partial charge < -0.3 is 15.5 Å². The molecule has 1 aliphatic heterocycles. The van der Waals surface area contributed by atoms with Crippen LogP contribution in [0, 0.1) is 11.6 Å². The van der Waals surface area contributed by atoms with Crippen molar-refractivity contribution in [2.24, 2.45) is 5.73 Å². The molecule has 1 aromatic carbocycles. The van der Waals surface area contributed by atoms with Crippen LogP contribution >= 0.6 is 0 Å². The van der Waals surface area contributed by atoms with Crippen molar-refractivity contribution in [2.45, 2.75) is 50.2 Å². The molecule has 2 aliphatic rings. The van der Waals surface area contributed by atoms with Crippen LogP contribution in [0.5, 0.6) is 0 Å². The van der Waals surface area contributed by atoms with Crippen LogP contribution < -0.4 is 11.2 Å². The molecule has 0 bridgehead atoms. The van der Waals surface area contributed by atoms with E-state index in [1.54, 1.807) is 12.1 Å². The summed E-state index contributed by atoms with van der Waals surface area (Å²) in [5, 5.41) is 0.118. The van der Waals surface area contributed by atoms with Crippen molar-refractivity contribution in [2.75, 3.05) is 0 Å². The van der Waals surface area contributed by atoms with E-state index in [9.17, 15) is 18.4 Å². The molecule has 6 nitrogen and oxygen atoms in total. The molecule has 2 aromatic heterocycles. The maximum Gasteiger partial charge on any atom is 0.268 e. The average molecular weight is 425 g/mol. The Morgan fingerprint density at radius 3 is 2.74 bits per heavy atom. The standard InChI is InChI=1S/C23H21F2N3O3/c1-10-8-13(12-4-5-14(24)20(25)18(12)11-2-3-11)22(31-10)16-9-17(29)19-15(28-16)6-7-27-21(19)23(26)30/h4-7,9-11,13,22H,2-3,8H2,1H3,(H2,26,30)(H,28,29). The topological polar surface area (TPSA) is 98.1 Å². The smallest absolute Gasteiger partial charge is 0.268 e. The van der Waals surface area contributed by atoms with Gasteiger partial charge in [-0.25, -0.2) is 8.78 Å². The molecule has 3 unspecified atom stereocenters. The fourth-order valence-electron chi connectivity index (χ4n) is 4.71. The molecule has 0 spiro atoms. The first-order valence-corrected chi connectivity index (χ1v) is 10.3. The zero-order valence-electron chi connectivity index (χ0n) is 16.8. The number of aromatic amines is 1. The minimum Gasteiger partial charge on any atom is -0.368 e. The molecule has 160 valence electrons. The van der Waals surface area contributed by atoms with E-state index in [1.165, 1.54) is 12.3 Å². The van der Waals surface area contributed by atoms with Crippen molar-refractivity contribution in [3.63, 3.8) is 0 Å². The van der Waals surface area contributed by atoms with Gasteiger partial charge in [0.2, 0.25) is 0 Å². The van der Waals surface area contributed by atoms with Crippen LogP contribution in [-0.2, 0) is 4.74 Å². The van der Waals surface area contributed by atoms with Gasteiger partial charge in [-0.1, -0.05) is 6.07 Å². The minimum absolute atomic E-state index is 0.0158. The number of aromatic nitrogens is 2. The second-order valence-corrected chi connectivity index (χ2v) is 8.38. The predicted octanol–water partition coefficient (Wildman–Crippen LogP) is 3.81. The Kier molecular flexibility index (Phi) is 4.62. The Bertz CT molecular complexity index is 1270. The van der Waals surface area contributed by atoms with Gasteiger partial charge in [0.25, 0.3) is 5.91 Å². The molecule has 1 saturated carbocycles. The highest BCUT2D eigenvalue weighted by atomic mass is 19.2. The molecule has 1 saturated heterocycles. The number of carbonyl (C=O) groups excluding carboxylic acids is 1. The Labute approximate surface area is 176 Å². The minimum atomic E-state index is -0.847. The maximum atomic E-state index is 14.7. The number of halogens is 2. The van der Waals surface area contributed by atoms with Gasteiger partial charge in [-0.15, -0.1) is 0 Å².